The molecular weight excluding hydrogens is 440 g/mol. The minimum Gasteiger partial charge on any atom is -0.484 e. The number of hydrogen-bond acceptors (Lipinski definition) is 6. The number of benzene rings is 2. The van der Waals surface area contributed by atoms with Gasteiger partial charge in [-0.3, -0.25) is 0 Å². The summed E-state index contributed by atoms with van der Waals surface area (Å²) < 4.78 is 15.2. The van der Waals surface area contributed by atoms with Crippen LogP contribution in [0.5, 0.6) is 5.75 Å². The molecule has 6 aromatic rings. The number of nitrogens with zero attached hydrogens (tertiary/aromatic N) is 6. The molecular formula is C24H17ClN6O2. The maximum Gasteiger partial charge on any atom is 0.217 e. The smallest absolute Gasteiger partial charge is 0.217 e. The summed E-state index contributed by atoms with van der Waals surface area (Å²) in [6, 6.07) is 19.1. The molecule has 0 saturated carbocycles. The van der Waals surface area contributed by atoms with Crippen LogP contribution in [0, 0.1) is 6.92 Å². The minimum absolute atomic E-state index is 0.242. The Bertz CT molecular complexity index is 1600. The van der Waals surface area contributed by atoms with Gasteiger partial charge in [-0.2, -0.15) is 5.10 Å². The molecule has 0 aliphatic carbocycles. The van der Waals surface area contributed by atoms with Crippen molar-refractivity contribution in [3.63, 3.8) is 0 Å². The maximum absolute atomic E-state index is 6.21. The van der Waals surface area contributed by atoms with E-state index in [0.29, 0.717) is 39.4 Å². The van der Waals surface area contributed by atoms with E-state index in [2.05, 4.69) is 20.2 Å². The topological polar surface area (TPSA) is 83.3 Å². The third-order valence-corrected chi connectivity index (χ3v) is 5.56. The Labute approximate surface area is 193 Å². The summed E-state index contributed by atoms with van der Waals surface area (Å²) in [6.45, 7) is 2.23. The minimum atomic E-state index is 0.242. The molecule has 0 N–H and O–H groups in total. The van der Waals surface area contributed by atoms with Gasteiger partial charge in [0.15, 0.2) is 17.1 Å². The van der Waals surface area contributed by atoms with Gasteiger partial charge in [0.25, 0.3) is 0 Å². The summed E-state index contributed by atoms with van der Waals surface area (Å²) >= 11 is 6.21. The average molecular weight is 457 g/mol. The van der Waals surface area contributed by atoms with Crippen molar-refractivity contribution in [2.75, 3.05) is 0 Å². The van der Waals surface area contributed by atoms with Crippen LogP contribution in [0.4, 0.5) is 0 Å². The summed E-state index contributed by atoms with van der Waals surface area (Å²) in [4.78, 5) is 9.21. The van der Waals surface area contributed by atoms with E-state index in [9.17, 15) is 0 Å². The Morgan fingerprint density at radius 2 is 1.91 bits per heavy atom. The quantitative estimate of drug-likeness (QED) is 0.351. The fraction of sp³-hybridized carbons (Fsp3) is 0.0833. The normalized spacial score (nSPS) is 11.5. The fourth-order valence-corrected chi connectivity index (χ4v) is 3.80. The highest BCUT2D eigenvalue weighted by molar-refractivity contribution is 6.32. The Balaban J connectivity index is 1.30. The highest BCUT2D eigenvalue weighted by Crippen LogP contribution is 2.28. The van der Waals surface area contributed by atoms with Gasteiger partial charge in [0.2, 0.25) is 5.82 Å². The molecule has 0 atom stereocenters. The Morgan fingerprint density at radius 3 is 2.79 bits per heavy atom. The molecule has 0 spiro atoms. The lowest BCUT2D eigenvalue weighted by atomic mass is 10.2. The number of hydrogen-bond donors (Lipinski definition) is 0. The zero-order chi connectivity index (χ0) is 22.4. The summed E-state index contributed by atoms with van der Waals surface area (Å²) in [5.74, 6) is 2.25. The van der Waals surface area contributed by atoms with Crippen molar-refractivity contribution in [3.05, 3.63) is 89.5 Å². The number of para-hydroxylation sites is 1. The van der Waals surface area contributed by atoms with E-state index in [-0.39, 0.29) is 6.61 Å². The lowest BCUT2D eigenvalue weighted by Crippen LogP contribution is -1.98. The molecule has 0 fully saturated rings. The highest BCUT2D eigenvalue weighted by Gasteiger charge is 2.16. The van der Waals surface area contributed by atoms with E-state index in [1.54, 1.807) is 21.7 Å². The zero-order valence-electron chi connectivity index (χ0n) is 17.5. The Hall–Kier alpha value is -4.17. The lowest BCUT2D eigenvalue weighted by molar-refractivity contribution is 0.272. The first kappa shape index (κ1) is 19.5. The van der Waals surface area contributed by atoms with Crippen LogP contribution in [0.3, 0.4) is 0 Å². The van der Waals surface area contributed by atoms with Crippen LogP contribution >= 0.6 is 11.6 Å². The lowest BCUT2D eigenvalue weighted by Gasteiger charge is -2.07. The molecule has 0 aliphatic heterocycles. The second kappa shape index (κ2) is 7.75. The molecule has 4 aromatic heterocycles. The predicted molar refractivity (Wildman–Crippen MR) is 124 cm³/mol. The summed E-state index contributed by atoms with van der Waals surface area (Å²) in [5.41, 5.74) is 3.35. The number of rotatable bonds is 5. The van der Waals surface area contributed by atoms with E-state index in [1.165, 1.54) is 0 Å². The molecule has 0 saturated heterocycles. The number of halogens is 1. The second-order valence-electron chi connectivity index (χ2n) is 7.57. The van der Waals surface area contributed by atoms with Crippen molar-refractivity contribution in [2.24, 2.45) is 0 Å². The molecule has 2 aromatic carbocycles. The predicted octanol–water partition coefficient (Wildman–Crippen LogP) is 5.26. The largest absolute Gasteiger partial charge is 0.484 e. The molecule has 9 heteroatoms. The first-order valence-corrected chi connectivity index (χ1v) is 10.7. The van der Waals surface area contributed by atoms with Crippen molar-refractivity contribution in [3.8, 4) is 23.0 Å². The van der Waals surface area contributed by atoms with Crippen molar-refractivity contribution in [1.82, 2.24) is 29.4 Å². The summed E-state index contributed by atoms with van der Waals surface area (Å²) in [7, 11) is 0. The van der Waals surface area contributed by atoms with E-state index in [4.69, 9.17) is 20.8 Å². The standard InChI is InChI=1S/C24H17ClN6O2/c1-15-7-9-19(25)21(11-15)32-13-17-8-10-20(33-17)22-28-24-18-12-27-31(16-5-3-2-4-6-16)23(18)26-14-30(24)29-22/h2-12,14H,13H2,1H3. The fourth-order valence-electron chi connectivity index (χ4n) is 3.63. The van der Waals surface area contributed by atoms with Gasteiger partial charge in [-0.1, -0.05) is 35.9 Å². The molecule has 33 heavy (non-hydrogen) atoms. The van der Waals surface area contributed by atoms with Gasteiger partial charge in [-0.05, 0) is 48.9 Å². The van der Waals surface area contributed by atoms with E-state index in [0.717, 1.165) is 16.6 Å². The first-order chi connectivity index (χ1) is 16.2. The van der Waals surface area contributed by atoms with Crippen LogP contribution < -0.4 is 4.74 Å². The summed E-state index contributed by atoms with van der Waals surface area (Å²) in [5, 5.41) is 10.4. The number of aryl methyl sites for hydroxylation is 1. The van der Waals surface area contributed by atoms with E-state index in [1.807, 2.05) is 67.6 Å². The van der Waals surface area contributed by atoms with Gasteiger partial charge >= 0.3 is 0 Å². The zero-order valence-corrected chi connectivity index (χ0v) is 18.3. The molecule has 0 amide bonds. The average Bonchev–Trinajstić information content (AvgIpc) is 3.57. The summed E-state index contributed by atoms with van der Waals surface area (Å²) in [6.07, 6.45) is 3.37. The van der Waals surface area contributed by atoms with E-state index >= 15 is 0 Å². The number of fused-ring (bicyclic) bond motifs is 3. The van der Waals surface area contributed by atoms with Crippen LogP contribution in [0.1, 0.15) is 11.3 Å². The van der Waals surface area contributed by atoms with Crippen molar-refractivity contribution in [1.29, 1.82) is 0 Å². The molecule has 0 bridgehead atoms. The maximum atomic E-state index is 6.21. The third kappa shape index (κ3) is 3.50. The van der Waals surface area contributed by atoms with Crippen LogP contribution in [-0.2, 0) is 6.61 Å². The van der Waals surface area contributed by atoms with Crippen molar-refractivity contribution < 1.29 is 9.15 Å². The van der Waals surface area contributed by atoms with Gasteiger partial charge < -0.3 is 9.15 Å². The van der Waals surface area contributed by atoms with Gasteiger partial charge in [0.05, 0.1) is 22.3 Å². The van der Waals surface area contributed by atoms with Gasteiger partial charge in [-0.15, -0.1) is 5.10 Å². The molecule has 162 valence electrons. The molecule has 0 radical (unpaired) electrons. The monoisotopic (exact) mass is 456 g/mol. The Morgan fingerprint density at radius 1 is 1.03 bits per heavy atom. The van der Waals surface area contributed by atoms with E-state index < -0.39 is 0 Å². The highest BCUT2D eigenvalue weighted by atomic mass is 35.5. The number of furan rings is 1. The number of ether oxygens (including phenoxy) is 1. The van der Waals surface area contributed by atoms with Gasteiger partial charge in [-0.25, -0.2) is 19.2 Å². The molecule has 6 rings (SSSR count). The SMILES string of the molecule is Cc1ccc(Cl)c(OCc2ccc(-c3nc4c5cnn(-c6ccccc6)c5ncn4n3)o2)c1. The molecule has 0 aliphatic rings. The van der Waals surface area contributed by atoms with Crippen molar-refractivity contribution >= 4 is 28.3 Å². The Kier molecular flexibility index (Phi) is 4.58. The molecule has 8 nitrogen and oxygen atoms in total. The van der Waals surface area contributed by atoms with Crippen LogP contribution in [0.15, 0.2) is 77.6 Å². The first-order valence-electron chi connectivity index (χ1n) is 10.3. The molecule has 0 unspecified atom stereocenters. The third-order valence-electron chi connectivity index (χ3n) is 5.24. The second-order valence-corrected chi connectivity index (χ2v) is 7.97. The van der Waals surface area contributed by atoms with Crippen LogP contribution in [-0.4, -0.2) is 29.4 Å². The number of aromatic nitrogens is 6. The van der Waals surface area contributed by atoms with Crippen LogP contribution in [0.25, 0.3) is 34.0 Å². The molecule has 4 heterocycles. The van der Waals surface area contributed by atoms with Crippen LogP contribution in [0.2, 0.25) is 5.02 Å². The van der Waals surface area contributed by atoms with Gasteiger partial charge in [0.1, 0.15) is 24.4 Å². The van der Waals surface area contributed by atoms with Gasteiger partial charge in [0, 0.05) is 0 Å². The van der Waals surface area contributed by atoms with Crippen molar-refractivity contribution in [2.45, 2.75) is 13.5 Å².